The van der Waals surface area contributed by atoms with Gasteiger partial charge < -0.3 is 5.32 Å². The summed E-state index contributed by atoms with van der Waals surface area (Å²) in [4.78, 5) is 19.3. The minimum absolute atomic E-state index is 0.000983. The third-order valence-corrected chi connectivity index (χ3v) is 5.40. The van der Waals surface area contributed by atoms with Crippen molar-refractivity contribution >= 4 is 5.91 Å². The van der Waals surface area contributed by atoms with Crippen LogP contribution in [-0.4, -0.2) is 34.4 Å². The number of hydrogen-bond donors (Lipinski definition) is 1. The summed E-state index contributed by atoms with van der Waals surface area (Å²) in [5.74, 6) is 0.694. The fourth-order valence-electron chi connectivity index (χ4n) is 3.90. The Balaban J connectivity index is 1.37. The van der Waals surface area contributed by atoms with Crippen molar-refractivity contribution in [3.05, 3.63) is 66.0 Å². The average molecular weight is 335 g/mol. The quantitative estimate of drug-likeness (QED) is 0.913. The number of rotatable bonds is 5. The van der Waals surface area contributed by atoms with E-state index < -0.39 is 0 Å². The van der Waals surface area contributed by atoms with Gasteiger partial charge in [-0.25, -0.2) is 0 Å². The van der Waals surface area contributed by atoms with Gasteiger partial charge in [0.05, 0.1) is 6.04 Å². The molecule has 0 bridgehead atoms. The number of pyridine rings is 1. The summed E-state index contributed by atoms with van der Waals surface area (Å²) in [6, 6.07) is 14.9. The van der Waals surface area contributed by atoms with Gasteiger partial charge in [-0.05, 0) is 49.1 Å². The molecule has 1 aliphatic heterocycles. The van der Waals surface area contributed by atoms with E-state index >= 15 is 0 Å². The Hall–Kier alpha value is -2.20. The molecule has 1 aromatic carbocycles. The summed E-state index contributed by atoms with van der Waals surface area (Å²) < 4.78 is 0. The normalized spacial score (nSPS) is 26.2. The summed E-state index contributed by atoms with van der Waals surface area (Å²) >= 11 is 0. The van der Waals surface area contributed by atoms with E-state index in [2.05, 4.69) is 39.5 Å². The molecule has 4 heteroatoms. The van der Waals surface area contributed by atoms with Crippen LogP contribution in [0.25, 0.3) is 0 Å². The highest BCUT2D eigenvalue weighted by atomic mass is 16.2. The van der Waals surface area contributed by atoms with Crippen molar-refractivity contribution in [1.82, 2.24) is 15.2 Å². The molecule has 4 nitrogen and oxygen atoms in total. The highest BCUT2D eigenvalue weighted by molar-refractivity contribution is 5.82. The van der Waals surface area contributed by atoms with Crippen LogP contribution in [0.3, 0.4) is 0 Å². The van der Waals surface area contributed by atoms with Gasteiger partial charge in [0.25, 0.3) is 0 Å². The average Bonchev–Trinajstić information content (AvgIpc) is 3.43. The second-order valence-corrected chi connectivity index (χ2v) is 7.21. The predicted molar refractivity (Wildman–Crippen MR) is 98.0 cm³/mol. The third-order valence-electron chi connectivity index (χ3n) is 5.40. The molecule has 1 saturated carbocycles. The fraction of sp³-hybridized carbons (Fsp3) is 0.429. The van der Waals surface area contributed by atoms with E-state index in [1.807, 2.05) is 30.6 Å². The Morgan fingerprint density at radius 1 is 1.12 bits per heavy atom. The minimum atomic E-state index is -0.000983. The molecule has 1 aliphatic carbocycles. The molecule has 4 rings (SSSR count). The molecule has 2 aromatic rings. The van der Waals surface area contributed by atoms with Gasteiger partial charge in [0, 0.05) is 30.9 Å². The maximum Gasteiger partial charge on any atom is 0.237 e. The zero-order chi connectivity index (χ0) is 17.1. The van der Waals surface area contributed by atoms with Crippen molar-refractivity contribution in [1.29, 1.82) is 0 Å². The van der Waals surface area contributed by atoms with Gasteiger partial charge in [0.2, 0.25) is 5.91 Å². The molecule has 1 amide bonds. The molecule has 3 atom stereocenters. The molecule has 130 valence electrons. The van der Waals surface area contributed by atoms with Crippen LogP contribution in [0, 0.1) is 0 Å². The predicted octanol–water partition coefficient (Wildman–Crippen LogP) is 3.11. The van der Waals surface area contributed by atoms with Gasteiger partial charge >= 0.3 is 0 Å². The number of hydrogen-bond acceptors (Lipinski definition) is 3. The van der Waals surface area contributed by atoms with Gasteiger partial charge in [-0.3, -0.25) is 14.7 Å². The first kappa shape index (κ1) is 16.3. The number of piperidine rings is 1. The van der Waals surface area contributed by atoms with Crippen LogP contribution in [0.15, 0.2) is 54.9 Å². The molecule has 2 aliphatic rings. The lowest BCUT2D eigenvalue weighted by molar-refractivity contribution is -0.128. The van der Waals surface area contributed by atoms with Gasteiger partial charge in [0.1, 0.15) is 0 Å². The maximum atomic E-state index is 12.9. The van der Waals surface area contributed by atoms with Crippen molar-refractivity contribution in [3.8, 4) is 0 Å². The van der Waals surface area contributed by atoms with Crippen LogP contribution in [0.2, 0.25) is 0 Å². The summed E-state index contributed by atoms with van der Waals surface area (Å²) in [5, 5.41) is 3.29. The molecule has 2 heterocycles. The Bertz CT molecular complexity index is 704. The number of aromatic nitrogens is 1. The third kappa shape index (κ3) is 3.90. The zero-order valence-corrected chi connectivity index (χ0v) is 14.5. The summed E-state index contributed by atoms with van der Waals surface area (Å²) in [6.07, 6.45) is 7.97. The zero-order valence-electron chi connectivity index (χ0n) is 14.5. The lowest BCUT2D eigenvalue weighted by Crippen LogP contribution is -2.49. The van der Waals surface area contributed by atoms with Gasteiger partial charge in [-0.2, -0.15) is 0 Å². The minimum Gasteiger partial charge on any atom is -0.351 e. The molecule has 1 N–H and O–H groups in total. The highest BCUT2D eigenvalue weighted by Gasteiger charge is 2.41. The first-order valence-corrected chi connectivity index (χ1v) is 9.29. The van der Waals surface area contributed by atoms with Crippen molar-refractivity contribution in [2.45, 2.75) is 50.2 Å². The molecule has 0 unspecified atom stereocenters. The molecular formula is C21H25N3O. The van der Waals surface area contributed by atoms with Gasteiger partial charge in [-0.15, -0.1) is 0 Å². The van der Waals surface area contributed by atoms with Crippen LogP contribution in [0.1, 0.15) is 42.7 Å². The van der Waals surface area contributed by atoms with E-state index in [0.29, 0.717) is 12.0 Å². The summed E-state index contributed by atoms with van der Waals surface area (Å²) in [7, 11) is 0. The van der Waals surface area contributed by atoms with Crippen LogP contribution >= 0.6 is 0 Å². The largest absolute Gasteiger partial charge is 0.351 e. The molecular weight excluding hydrogens is 310 g/mol. The first-order chi connectivity index (χ1) is 12.3. The maximum absolute atomic E-state index is 12.9. The number of carbonyl (C=O) groups excluding carboxylic acids is 1. The second-order valence-electron chi connectivity index (χ2n) is 7.21. The van der Waals surface area contributed by atoms with Crippen molar-refractivity contribution < 1.29 is 4.79 Å². The topological polar surface area (TPSA) is 45.2 Å². The van der Waals surface area contributed by atoms with E-state index in [0.717, 1.165) is 32.4 Å². The van der Waals surface area contributed by atoms with Crippen molar-refractivity contribution in [2.75, 3.05) is 6.54 Å². The smallest absolute Gasteiger partial charge is 0.237 e. The number of carbonyl (C=O) groups is 1. The molecule has 2 fully saturated rings. The van der Waals surface area contributed by atoms with Gasteiger partial charge in [-0.1, -0.05) is 36.8 Å². The van der Waals surface area contributed by atoms with E-state index in [1.165, 1.54) is 17.5 Å². The van der Waals surface area contributed by atoms with Gasteiger partial charge in [0.15, 0.2) is 0 Å². The molecule has 25 heavy (non-hydrogen) atoms. The Morgan fingerprint density at radius 3 is 2.72 bits per heavy atom. The summed E-state index contributed by atoms with van der Waals surface area (Å²) in [5.41, 5.74) is 2.56. The Morgan fingerprint density at radius 2 is 1.92 bits per heavy atom. The van der Waals surface area contributed by atoms with E-state index in [-0.39, 0.29) is 11.9 Å². The first-order valence-electron chi connectivity index (χ1n) is 9.29. The van der Waals surface area contributed by atoms with Crippen LogP contribution in [-0.2, 0) is 11.3 Å². The lowest BCUT2D eigenvalue weighted by Gasteiger charge is -2.34. The van der Waals surface area contributed by atoms with Crippen LogP contribution in [0.5, 0.6) is 0 Å². The fourth-order valence-corrected chi connectivity index (χ4v) is 3.90. The number of amides is 1. The monoisotopic (exact) mass is 335 g/mol. The second kappa shape index (κ2) is 7.36. The number of nitrogens with zero attached hydrogens (tertiary/aromatic N) is 2. The Labute approximate surface area is 149 Å². The van der Waals surface area contributed by atoms with Crippen molar-refractivity contribution in [3.63, 3.8) is 0 Å². The molecule has 1 aromatic heterocycles. The molecule has 0 radical (unpaired) electrons. The molecule has 1 saturated heterocycles. The number of likely N-dealkylation sites (tertiary alicyclic amines) is 1. The van der Waals surface area contributed by atoms with Crippen LogP contribution < -0.4 is 5.32 Å². The van der Waals surface area contributed by atoms with Crippen molar-refractivity contribution in [2.24, 2.45) is 0 Å². The highest BCUT2D eigenvalue weighted by Crippen LogP contribution is 2.40. The van der Waals surface area contributed by atoms with E-state index in [9.17, 15) is 4.79 Å². The number of benzene rings is 1. The van der Waals surface area contributed by atoms with E-state index in [4.69, 9.17) is 0 Å². The lowest BCUT2D eigenvalue weighted by atomic mass is 10.0. The molecule has 0 spiro atoms. The number of nitrogens with one attached hydrogen (secondary N) is 1. The standard InChI is InChI=1S/C21H25N3O/c25-21(23-19-14-18(19)17-6-2-1-3-7-17)20-8-4-5-13-24(20)15-16-9-11-22-12-10-16/h1-3,6-7,9-12,18-20H,4-5,8,13-15H2,(H,23,25)/t18-,19-,20-/m1/s1. The summed E-state index contributed by atoms with van der Waals surface area (Å²) in [6.45, 7) is 1.82. The Kier molecular flexibility index (Phi) is 4.79. The SMILES string of the molecule is O=C(N[C@@H]1C[C@@H]1c1ccccc1)[C@H]1CCCCN1Cc1ccncc1. The van der Waals surface area contributed by atoms with E-state index in [1.54, 1.807) is 0 Å². The van der Waals surface area contributed by atoms with Crippen LogP contribution in [0.4, 0.5) is 0 Å².